The van der Waals surface area contributed by atoms with Gasteiger partial charge < -0.3 is 0 Å². The summed E-state index contributed by atoms with van der Waals surface area (Å²) in [4.78, 5) is 0. The van der Waals surface area contributed by atoms with Crippen LogP contribution in [-0.2, 0) is 11.0 Å². The van der Waals surface area contributed by atoms with E-state index >= 15 is 0 Å². The molecule has 3 heteroatoms. The Balaban J connectivity index is 2.41. The molecule has 0 bridgehead atoms. The number of hydrogen-bond donors (Lipinski definition) is 0. The average molecular weight is 147 g/mol. The van der Waals surface area contributed by atoms with Gasteiger partial charge in [-0.1, -0.05) is 6.42 Å². The maximum atomic E-state index is 11.1. The van der Waals surface area contributed by atoms with Crippen LogP contribution in [-0.4, -0.2) is 27.9 Å². The van der Waals surface area contributed by atoms with E-state index in [0.29, 0.717) is 0 Å². The fourth-order valence-corrected chi connectivity index (χ4v) is 2.09. The van der Waals surface area contributed by atoms with Crippen LogP contribution in [0.5, 0.6) is 0 Å². The molecule has 0 spiro atoms. The molecule has 1 atom stereocenters. The molecular formula is C6H13NOS. The lowest BCUT2D eigenvalue weighted by molar-refractivity contribution is 0.515. The molecule has 1 heterocycles. The number of rotatable bonds is 0. The summed E-state index contributed by atoms with van der Waals surface area (Å²) in [6, 6.07) is 0. The maximum Gasteiger partial charge on any atom is 0.0939 e. The van der Waals surface area contributed by atoms with Crippen LogP contribution in [0, 0.1) is 0 Å². The van der Waals surface area contributed by atoms with Crippen LogP contribution < -0.4 is 0 Å². The minimum Gasteiger partial charge on any atom is -0.243 e. The topological polar surface area (TPSA) is 20.3 Å². The van der Waals surface area contributed by atoms with Gasteiger partial charge in [0.05, 0.1) is 11.0 Å². The lowest BCUT2D eigenvalue weighted by Crippen LogP contribution is -2.21. The van der Waals surface area contributed by atoms with E-state index in [2.05, 4.69) is 0 Å². The Kier molecular flexibility index (Phi) is 2.66. The summed E-state index contributed by atoms with van der Waals surface area (Å²) >= 11 is 0. The third-order valence-electron chi connectivity index (χ3n) is 1.64. The van der Waals surface area contributed by atoms with E-state index in [1.54, 1.807) is 0 Å². The van der Waals surface area contributed by atoms with Crippen LogP contribution in [0.4, 0.5) is 0 Å². The zero-order chi connectivity index (χ0) is 6.69. The highest BCUT2D eigenvalue weighted by Gasteiger charge is 2.10. The molecule has 0 radical (unpaired) electrons. The Hall–Kier alpha value is 0.110. The summed E-state index contributed by atoms with van der Waals surface area (Å²) in [5, 5.41) is 0. The van der Waals surface area contributed by atoms with E-state index in [1.807, 2.05) is 11.4 Å². The van der Waals surface area contributed by atoms with Gasteiger partial charge in [-0.2, -0.15) is 0 Å². The monoisotopic (exact) mass is 147 g/mol. The van der Waals surface area contributed by atoms with Gasteiger partial charge >= 0.3 is 0 Å². The van der Waals surface area contributed by atoms with Gasteiger partial charge in [0.15, 0.2) is 0 Å². The molecular weight excluding hydrogens is 134 g/mol. The van der Waals surface area contributed by atoms with Crippen LogP contribution in [0.1, 0.15) is 19.3 Å². The van der Waals surface area contributed by atoms with Crippen molar-refractivity contribution in [2.75, 3.05) is 19.3 Å². The quantitative estimate of drug-likeness (QED) is 0.495. The molecule has 0 aromatic rings. The minimum absolute atomic E-state index is 0.669. The summed E-state index contributed by atoms with van der Waals surface area (Å²) in [6.07, 6.45) is 3.59. The second kappa shape index (κ2) is 3.32. The first-order valence-electron chi connectivity index (χ1n) is 3.40. The highest BCUT2D eigenvalue weighted by Crippen LogP contribution is 2.07. The van der Waals surface area contributed by atoms with Crippen molar-refractivity contribution in [2.24, 2.45) is 0 Å². The van der Waals surface area contributed by atoms with Crippen LogP contribution in [0.2, 0.25) is 0 Å². The molecule has 0 amide bonds. The molecule has 1 saturated heterocycles. The molecule has 1 rings (SSSR count). The molecule has 1 fully saturated rings. The van der Waals surface area contributed by atoms with Gasteiger partial charge in [0.25, 0.3) is 0 Å². The molecule has 1 unspecified atom stereocenters. The predicted octanol–water partition coefficient (Wildman–Crippen LogP) is 0.766. The summed E-state index contributed by atoms with van der Waals surface area (Å²) in [7, 11) is 1.26. The first kappa shape index (κ1) is 7.22. The van der Waals surface area contributed by atoms with Crippen LogP contribution in [0.15, 0.2) is 0 Å². The predicted molar refractivity (Wildman–Crippen MR) is 39.5 cm³/mol. The van der Waals surface area contributed by atoms with E-state index in [0.717, 1.165) is 18.7 Å². The molecule has 0 N–H and O–H groups in total. The average Bonchev–Trinajstić information content (AvgIpc) is 1.99. The molecule has 1 aliphatic heterocycles. The summed E-state index contributed by atoms with van der Waals surface area (Å²) < 4.78 is 13.0. The van der Waals surface area contributed by atoms with E-state index in [9.17, 15) is 4.21 Å². The molecule has 0 saturated carbocycles. The van der Waals surface area contributed by atoms with E-state index in [1.165, 1.54) is 12.8 Å². The lowest BCUT2D eigenvalue weighted by Gasteiger charge is -2.09. The van der Waals surface area contributed by atoms with Crippen LogP contribution >= 0.6 is 0 Å². The van der Waals surface area contributed by atoms with Crippen molar-refractivity contribution in [2.45, 2.75) is 19.3 Å². The fourth-order valence-electron chi connectivity index (χ4n) is 0.994. The Morgan fingerprint density at radius 3 is 2.89 bits per heavy atom. The molecule has 2 nitrogen and oxygen atoms in total. The zero-order valence-corrected chi connectivity index (χ0v) is 6.62. The summed E-state index contributed by atoms with van der Waals surface area (Å²) in [5.41, 5.74) is 0. The third-order valence-corrected chi connectivity index (χ3v) is 3.16. The van der Waals surface area contributed by atoms with Gasteiger partial charge in [0.2, 0.25) is 0 Å². The Bertz CT molecular complexity index is 116. The van der Waals surface area contributed by atoms with Crippen LogP contribution in [0.25, 0.3) is 0 Å². The molecule has 1 aliphatic rings. The standard InChI is InChI=1S/C6H13NOS/c1-7-5-3-2-4-6-9(7)8/h2-6H2,1H3. The van der Waals surface area contributed by atoms with E-state index in [-0.39, 0.29) is 0 Å². The van der Waals surface area contributed by atoms with Gasteiger partial charge in [0, 0.05) is 12.3 Å². The number of nitrogens with zero attached hydrogens (tertiary/aromatic N) is 1. The lowest BCUT2D eigenvalue weighted by atomic mass is 10.2. The van der Waals surface area contributed by atoms with Crippen molar-refractivity contribution in [1.82, 2.24) is 4.31 Å². The largest absolute Gasteiger partial charge is 0.243 e. The second-order valence-electron chi connectivity index (χ2n) is 2.44. The van der Waals surface area contributed by atoms with Crippen molar-refractivity contribution in [3.8, 4) is 0 Å². The van der Waals surface area contributed by atoms with Gasteiger partial charge in [-0.3, -0.25) is 0 Å². The second-order valence-corrected chi connectivity index (χ2v) is 4.11. The van der Waals surface area contributed by atoms with Gasteiger partial charge in [-0.05, 0) is 19.9 Å². The normalized spacial score (nSPS) is 31.9. The smallest absolute Gasteiger partial charge is 0.0939 e. The SMILES string of the molecule is CN1CCCCCS1=O. The fraction of sp³-hybridized carbons (Fsp3) is 1.00. The van der Waals surface area contributed by atoms with Crippen molar-refractivity contribution >= 4 is 11.0 Å². The molecule has 9 heavy (non-hydrogen) atoms. The summed E-state index contributed by atoms with van der Waals surface area (Å²) in [6.45, 7) is 1.01. The van der Waals surface area contributed by atoms with Crippen molar-refractivity contribution in [3.63, 3.8) is 0 Å². The molecule has 0 aromatic heterocycles. The van der Waals surface area contributed by atoms with Gasteiger partial charge in [-0.25, -0.2) is 8.51 Å². The third kappa shape index (κ3) is 2.06. The van der Waals surface area contributed by atoms with Gasteiger partial charge in [-0.15, -0.1) is 0 Å². The Morgan fingerprint density at radius 1 is 1.33 bits per heavy atom. The number of hydrogen-bond acceptors (Lipinski definition) is 1. The van der Waals surface area contributed by atoms with E-state index in [4.69, 9.17) is 0 Å². The van der Waals surface area contributed by atoms with Crippen LogP contribution in [0.3, 0.4) is 0 Å². The Labute approximate surface area is 58.8 Å². The van der Waals surface area contributed by atoms with Crippen molar-refractivity contribution in [1.29, 1.82) is 0 Å². The molecule has 54 valence electrons. The zero-order valence-electron chi connectivity index (χ0n) is 5.80. The highest BCUT2D eigenvalue weighted by molar-refractivity contribution is 7.82. The molecule has 0 aliphatic carbocycles. The van der Waals surface area contributed by atoms with E-state index < -0.39 is 11.0 Å². The maximum absolute atomic E-state index is 11.1. The summed E-state index contributed by atoms with van der Waals surface area (Å²) in [5.74, 6) is 0.872. The van der Waals surface area contributed by atoms with Gasteiger partial charge in [0.1, 0.15) is 0 Å². The minimum atomic E-state index is -0.669. The Morgan fingerprint density at radius 2 is 2.11 bits per heavy atom. The highest BCUT2D eigenvalue weighted by atomic mass is 32.2. The van der Waals surface area contributed by atoms with Crippen molar-refractivity contribution in [3.05, 3.63) is 0 Å². The van der Waals surface area contributed by atoms with Crippen molar-refractivity contribution < 1.29 is 4.21 Å². The first-order valence-corrected chi connectivity index (χ1v) is 4.68. The first-order chi connectivity index (χ1) is 4.30. The molecule has 0 aromatic carbocycles.